The maximum absolute atomic E-state index is 6.49. The van der Waals surface area contributed by atoms with E-state index < -0.39 is 0 Å². The molecule has 9 heteroatoms. The molecule has 0 radical (unpaired) electrons. The number of anilines is 6. The van der Waals surface area contributed by atoms with Gasteiger partial charge in [-0.2, -0.15) is 0 Å². The summed E-state index contributed by atoms with van der Waals surface area (Å²) in [5.74, 6) is 2.22. The summed E-state index contributed by atoms with van der Waals surface area (Å²) in [5.41, 5.74) is 13.2. The van der Waals surface area contributed by atoms with Crippen molar-refractivity contribution in [3.63, 3.8) is 0 Å². The lowest BCUT2D eigenvalue weighted by molar-refractivity contribution is 0.342. The lowest BCUT2D eigenvalue weighted by Crippen LogP contribution is -2.29. The molecule has 0 spiro atoms. The van der Waals surface area contributed by atoms with Gasteiger partial charge in [0.25, 0.3) is 0 Å². The highest BCUT2D eigenvalue weighted by atomic mass is 16.5. The fraction of sp³-hybridized carbons (Fsp3) is 0.464. The number of nitrogens with one attached hydrogen (secondary N) is 1. The van der Waals surface area contributed by atoms with Crippen LogP contribution in [0, 0.1) is 13.8 Å². The standard InChI is InChI=1S/C28H40N8O/c1-9-37-24-14-22(35(8)11-10-34(6)7)20(29)13-21(24)33-25-15-26(31-17-30-25)36-16-28(4,5)27-23(36)12-18(2)19(3)32-27/h12-15,17H,9-11,16,29H2,1-8H3,(H,30,31,33). The molecule has 3 N–H and O–H groups in total. The van der Waals surface area contributed by atoms with Crippen LogP contribution < -0.4 is 25.6 Å². The summed E-state index contributed by atoms with van der Waals surface area (Å²) in [7, 11) is 6.17. The summed E-state index contributed by atoms with van der Waals surface area (Å²) in [6.07, 6.45) is 1.59. The van der Waals surface area contributed by atoms with Crippen LogP contribution in [0.5, 0.6) is 5.75 Å². The fourth-order valence-electron chi connectivity index (χ4n) is 4.62. The van der Waals surface area contributed by atoms with E-state index in [-0.39, 0.29) is 5.41 Å². The summed E-state index contributed by atoms with van der Waals surface area (Å²) in [4.78, 5) is 20.5. The Morgan fingerprint density at radius 3 is 2.54 bits per heavy atom. The van der Waals surface area contributed by atoms with Crippen LogP contribution in [0.2, 0.25) is 0 Å². The van der Waals surface area contributed by atoms with E-state index in [4.69, 9.17) is 15.5 Å². The SMILES string of the molecule is CCOc1cc(N(C)CCN(C)C)c(N)cc1Nc1cc(N2CC(C)(C)c3nc(C)c(C)cc32)ncn1. The Morgan fingerprint density at radius 2 is 1.84 bits per heavy atom. The molecule has 1 aromatic carbocycles. The van der Waals surface area contributed by atoms with Crippen LogP contribution in [0.3, 0.4) is 0 Å². The van der Waals surface area contributed by atoms with Crippen LogP contribution in [-0.4, -0.2) is 67.2 Å². The van der Waals surface area contributed by atoms with E-state index in [9.17, 15) is 0 Å². The molecule has 0 unspecified atom stereocenters. The molecule has 1 aliphatic rings. The molecule has 0 saturated carbocycles. The predicted octanol–water partition coefficient (Wildman–Crippen LogP) is 4.64. The maximum Gasteiger partial charge on any atom is 0.144 e. The molecule has 9 nitrogen and oxygen atoms in total. The summed E-state index contributed by atoms with van der Waals surface area (Å²) < 4.78 is 5.99. The first-order valence-corrected chi connectivity index (χ1v) is 12.8. The number of aryl methyl sites for hydroxylation is 2. The number of hydrogen-bond donors (Lipinski definition) is 2. The zero-order chi connectivity index (χ0) is 26.9. The van der Waals surface area contributed by atoms with Crippen LogP contribution in [-0.2, 0) is 5.41 Å². The Morgan fingerprint density at radius 1 is 1.08 bits per heavy atom. The Balaban J connectivity index is 1.64. The van der Waals surface area contributed by atoms with Crippen LogP contribution in [0.1, 0.15) is 37.7 Å². The first kappa shape index (κ1) is 26.5. The summed E-state index contributed by atoms with van der Waals surface area (Å²) >= 11 is 0. The molecule has 198 valence electrons. The number of aromatic nitrogens is 3. The van der Waals surface area contributed by atoms with Gasteiger partial charge in [-0.3, -0.25) is 4.98 Å². The number of rotatable bonds is 9. The minimum Gasteiger partial charge on any atom is -0.492 e. The van der Waals surface area contributed by atoms with Gasteiger partial charge < -0.3 is 30.5 Å². The molecule has 1 aliphatic heterocycles. The topological polar surface area (TPSA) is 95.7 Å². The third-order valence-electron chi connectivity index (χ3n) is 6.85. The van der Waals surface area contributed by atoms with E-state index in [0.29, 0.717) is 18.1 Å². The zero-order valence-electron chi connectivity index (χ0n) is 23.4. The highest BCUT2D eigenvalue weighted by molar-refractivity contribution is 5.80. The Bertz CT molecular complexity index is 1270. The maximum atomic E-state index is 6.49. The minimum atomic E-state index is -0.0860. The number of ether oxygens (including phenoxy) is 1. The Hall–Kier alpha value is -3.59. The van der Waals surface area contributed by atoms with Gasteiger partial charge in [0.05, 0.1) is 35.1 Å². The van der Waals surface area contributed by atoms with Crippen molar-refractivity contribution >= 4 is 34.4 Å². The molecule has 0 fully saturated rings. The Kier molecular flexibility index (Phi) is 7.45. The fourth-order valence-corrected chi connectivity index (χ4v) is 4.62. The van der Waals surface area contributed by atoms with E-state index in [1.54, 1.807) is 6.33 Å². The van der Waals surface area contributed by atoms with Crippen molar-refractivity contribution in [2.24, 2.45) is 0 Å². The van der Waals surface area contributed by atoms with Crippen molar-refractivity contribution in [3.8, 4) is 5.75 Å². The van der Waals surface area contributed by atoms with Gasteiger partial charge in [0, 0.05) is 49.9 Å². The second-order valence-electron chi connectivity index (χ2n) is 10.7. The molecule has 0 saturated heterocycles. The highest BCUT2D eigenvalue weighted by Gasteiger charge is 2.38. The highest BCUT2D eigenvalue weighted by Crippen LogP contribution is 2.44. The van der Waals surface area contributed by atoms with Gasteiger partial charge in [0.2, 0.25) is 0 Å². The average molecular weight is 505 g/mol. The zero-order valence-corrected chi connectivity index (χ0v) is 23.4. The van der Waals surface area contributed by atoms with E-state index in [0.717, 1.165) is 59.7 Å². The molecule has 0 aliphatic carbocycles. The van der Waals surface area contributed by atoms with Crippen LogP contribution in [0.4, 0.5) is 34.4 Å². The third kappa shape index (κ3) is 5.56. The molecule has 0 bridgehead atoms. The van der Waals surface area contributed by atoms with Gasteiger partial charge in [-0.25, -0.2) is 9.97 Å². The first-order chi connectivity index (χ1) is 17.5. The third-order valence-corrected chi connectivity index (χ3v) is 6.85. The number of nitrogen functional groups attached to an aromatic ring is 1. The van der Waals surface area contributed by atoms with Crippen LogP contribution >= 0.6 is 0 Å². The largest absolute Gasteiger partial charge is 0.492 e. The van der Waals surface area contributed by atoms with E-state index in [2.05, 4.69) is 77.8 Å². The number of benzene rings is 1. The van der Waals surface area contributed by atoms with Crippen molar-refractivity contribution in [2.75, 3.05) is 68.2 Å². The van der Waals surface area contributed by atoms with Crippen LogP contribution in [0.25, 0.3) is 0 Å². The summed E-state index contributed by atoms with van der Waals surface area (Å²) in [5, 5.41) is 3.42. The molecule has 0 amide bonds. The van der Waals surface area contributed by atoms with Crippen molar-refractivity contribution < 1.29 is 4.74 Å². The molecular formula is C28H40N8O. The van der Waals surface area contributed by atoms with Crippen molar-refractivity contribution in [2.45, 2.75) is 40.0 Å². The molecule has 37 heavy (non-hydrogen) atoms. The first-order valence-electron chi connectivity index (χ1n) is 12.8. The van der Waals surface area contributed by atoms with Gasteiger partial charge >= 0.3 is 0 Å². The molecule has 3 heterocycles. The predicted molar refractivity (Wildman–Crippen MR) is 153 cm³/mol. The lowest BCUT2D eigenvalue weighted by atomic mass is 9.91. The Labute approximate surface area is 220 Å². The summed E-state index contributed by atoms with van der Waals surface area (Å²) in [6.45, 7) is 13.7. The quantitative estimate of drug-likeness (QED) is 0.404. The van der Waals surface area contributed by atoms with Crippen molar-refractivity contribution in [1.82, 2.24) is 19.9 Å². The van der Waals surface area contributed by atoms with Crippen molar-refractivity contribution in [3.05, 3.63) is 47.5 Å². The lowest BCUT2D eigenvalue weighted by Gasteiger charge is -2.25. The second kappa shape index (κ2) is 10.4. The second-order valence-corrected chi connectivity index (χ2v) is 10.7. The number of nitrogens with two attached hydrogens (primary N) is 1. The molecule has 0 atom stereocenters. The number of pyridine rings is 1. The van der Waals surface area contributed by atoms with Gasteiger partial charge in [-0.05, 0) is 52.6 Å². The summed E-state index contributed by atoms with van der Waals surface area (Å²) in [6, 6.07) is 8.08. The average Bonchev–Trinajstić information content (AvgIpc) is 3.09. The molecule has 2 aromatic heterocycles. The molecule has 3 aromatic rings. The van der Waals surface area contributed by atoms with E-state index in [1.165, 1.54) is 5.56 Å². The number of fused-ring (bicyclic) bond motifs is 1. The number of nitrogens with zero attached hydrogens (tertiary/aromatic N) is 6. The number of hydrogen-bond acceptors (Lipinski definition) is 9. The normalized spacial score (nSPS) is 14.1. The van der Waals surface area contributed by atoms with Crippen molar-refractivity contribution in [1.29, 1.82) is 0 Å². The van der Waals surface area contributed by atoms with Gasteiger partial charge in [-0.1, -0.05) is 13.8 Å². The van der Waals surface area contributed by atoms with Gasteiger partial charge in [0.15, 0.2) is 0 Å². The molecule has 4 rings (SSSR count). The van der Waals surface area contributed by atoms with Gasteiger partial charge in [0.1, 0.15) is 23.7 Å². The smallest absolute Gasteiger partial charge is 0.144 e. The van der Waals surface area contributed by atoms with Crippen LogP contribution in [0.15, 0.2) is 30.6 Å². The van der Waals surface area contributed by atoms with E-state index >= 15 is 0 Å². The number of likely N-dealkylation sites (N-methyl/N-ethyl adjacent to an activating group) is 2. The molecular weight excluding hydrogens is 464 g/mol. The monoisotopic (exact) mass is 504 g/mol. The minimum absolute atomic E-state index is 0.0860. The van der Waals surface area contributed by atoms with E-state index in [1.807, 2.05) is 32.2 Å². The van der Waals surface area contributed by atoms with Gasteiger partial charge in [-0.15, -0.1) is 0 Å².